The van der Waals surface area contributed by atoms with Crippen LogP contribution in [0.1, 0.15) is 13.8 Å². The first kappa shape index (κ1) is 21.1. The van der Waals surface area contributed by atoms with Crippen LogP contribution in [0.25, 0.3) is 0 Å². The molecule has 0 aliphatic carbocycles. The van der Waals surface area contributed by atoms with E-state index in [1.807, 2.05) is 6.92 Å². The fourth-order valence-electron chi connectivity index (χ4n) is 2.25. The van der Waals surface area contributed by atoms with Crippen molar-refractivity contribution in [3.8, 4) is 0 Å². The zero-order valence-corrected chi connectivity index (χ0v) is 15.9. The summed E-state index contributed by atoms with van der Waals surface area (Å²) in [5, 5.41) is 6.40. The molecule has 2 N–H and O–H groups in total. The summed E-state index contributed by atoms with van der Waals surface area (Å²) in [7, 11) is -2.96. The van der Waals surface area contributed by atoms with E-state index in [1.54, 1.807) is 0 Å². The van der Waals surface area contributed by atoms with Crippen LogP contribution in [-0.2, 0) is 19.3 Å². The van der Waals surface area contributed by atoms with E-state index in [9.17, 15) is 8.42 Å². The van der Waals surface area contributed by atoms with Gasteiger partial charge in [-0.3, -0.25) is 9.89 Å². The first-order valence-corrected chi connectivity index (χ1v) is 10.6. The van der Waals surface area contributed by atoms with Crippen LogP contribution in [0, 0.1) is 0 Å². The Hall–Kier alpha value is -0.900. The quantitative estimate of drug-likeness (QED) is 0.301. The van der Waals surface area contributed by atoms with E-state index in [0.717, 1.165) is 38.8 Å². The zero-order chi connectivity index (χ0) is 17.8. The minimum atomic E-state index is -2.96. The summed E-state index contributed by atoms with van der Waals surface area (Å²) in [6, 6.07) is 0.371. The number of morpholine rings is 1. The average Bonchev–Trinajstić information content (AvgIpc) is 2.55. The molecule has 1 heterocycles. The van der Waals surface area contributed by atoms with E-state index in [1.165, 1.54) is 6.26 Å². The standard InChI is InChI=1S/C15H32N4O4S/c1-4-16-15(17-5-8-22-11-12-24(3,20)21)18-13-14(2)19-6-9-23-10-7-19/h14H,4-13H2,1-3H3,(H2,16,17,18). The van der Waals surface area contributed by atoms with Crippen LogP contribution >= 0.6 is 0 Å². The predicted molar refractivity (Wildman–Crippen MR) is 96.4 cm³/mol. The Kier molecular flexibility index (Phi) is 10.2. The minimum absolute atomic E-state index is 0.0538. The molecule has 1 saturated heterocycles. The highest BCUT2D eigenvalue weighted by molar-refractivity contribution is 7.90. The van der Waals surface area contributed by atoms with Gasteiger partial charge in [0.05, 0.1) is 38.7 Å². The van der Waals surface area contributed by atoms with Crippen molar-refractivity contribution in [1.82, 2.24) is 15.5 Å². The fraction of sp³-hybridized carbons (Fsp3) is 0.933. The van der Waals surface area contributed by atoms with Crippen LogP contribution in [0.3, 0.4) is 0 Å². The number of sulfone groups is 1. The van der Waals surface area contributed by atoms with Gasteiger partial charge in [0, 0.05) is 38.5 Å². The summed E-state index contributed by atoms with van der Waals surface area (Å²) in [5.41, 5.74) is 0. The first-order chi connectivity index (χ1) is 11.4. The number of guanidine groups is 1. The Bertz CT molecular complexity index is 464. The maximum atomic E-state index is 11.0. The molecule has 1 fully saturated rings. The number of rotatable bonds is 10. The van der Waals surface area contributed by atoms with Crippen LogP contribution in [0.15, 0.2) is 4.99 Å². The van der Waals surface area contributed by atoms with Gasteiger partial charge in [0.25, 0.3) is 0 Å². The molecule has 1 atom stereocenters. The van der Waals surface area contributed by atoms with Crippen LogP contribution in [0.5, 0.6) is 0 Å². The average molecular weight is 365 g/mol. The van der Waals surface area contributed by atoms with E-state index < -0.39 is 9.84 Å². The van der Waals surface area contributed by atoms with Crippen LogP contribution in [0.2, 0.25) is 0 Å². The summed E-state index contributed by atoms with van der Waals surface area (Å²) in [6.45, 7) is 10.4. The van der Waals surface area contributed by atoms with E-state index in [4.69, 9.17) is 9.47 Å². The van der Waals surface area contributed by atoms with Gasteiger partial charge in [0.15, 0.2) is 5.96 Å². The highest BCUT2D eigenvalue weighted by Gasteiger charge is 2.16. The third-order valence-electron chi connectivity index (χ3n) is 3.66. The summed E-state index contributed by atoms with van der Waals surface area (Å²) in [6.07, 6.45) is 1.21. The highest BCUT2D eigenvalue weighted by Crippen LogP contribution is 2.03. The Morgan fingerprint density at radius 3 is 2.62 bits per heavy atom. The Balaban J connectivity index is 2.26. The lowest BCUT2D eigenvalue weighted by atomic mass is 10.2. The molecule has 1 aliphatic rings. The molecule has 9 heteroatoms. The topological polar surface area (TPSA) is 92.3 Å². The van der Waals surface area contributed by atoms with E-state index in [2.05, 4.69) is 27.4 Å². The first-order valence-electron chi connectivity index (χ1n) is 8.52. The zero-order valence-electron chi connectivity index (χ0n) is 15.1. The van der Waals surface area contributed by atoms with Crippen molar-refractivity contribution < 1.29 is 17.9 Å². The Labute approximate surface area is 145 Å². The summed E-state index contributed by atoms with van der Waals surface area (Å²) >= 11 is 0. The second-order valence-electron chi connectivity index (χ2n) is 5.89. The number of nitrogens with zero attached hydrogens (tertiary/aromatic N) is 2. The molecule has 8 nitrogen and oxygen atoms in total. The van der Waals surface area contributed by atoms with Crippen molar-refractivity contribution in [2.24, 2.45) is 4.99 Å². The summed E-state index contributed by atoms with van der Waals surface area (Å²) in [5.74, 6) is 0.808. The second kappa shape index (κ2) is 11.6. The lowest BCUT2D eigenvalue weighted by molar-refractivity contribution is 0.0220. The van der Waals surface area contributed by atoms with Gasteiger partial charge in [-0.15, -0.1) is 0 Å². The lowest BCUT2D eigenvalue weighted by Gasteiger charge is -2.31. The molecule has 0 spiro atoms. The molecule has 0 radical (unpaired) electrons. The largest absolute Gasteiger partial charge is 0.379 e. The van der Waals surface area contributed by atoms with Crippen LogP contribution in [0.4, 0.5) is 0 Å². The van der Waals surface area contributed by atoms with Gasteiger partial charge in [0.1, 0.15) is 9.84 Å². The van der Waals surface area contributed by atoms with E-state index >= 15 is 0 Å². The molecule has 0 bridgehead atoms. The van der Waals surface area contributed by atoms with Crippen molar-refractivity contribution >= 4 is 15.8 Å². The van der Waals surface area contributed by atoms with E-state index in [-0.39, 0.29) is 12.4 Å². The van der Waals surface area contributed by atoms with Crippen molar-refractivity contribution in [1.29, 1.82) is 0 Å². The van der Waals surface area contributed by atoms with Crippen LogP contribution < -0.4 is 10.6 Å². The molecule has 0 aromatic rings. The smallest absolute Gasteiger partial charge is 0.191 e. The third-order valence-corrected chi connectivity index (χ3v) is 4.57. The molecule has 1 aliphatic heterocycles. The van der Waals surface area contributed by atoms with Gasteiger partial charge >= 0.3 is 0 Å². The van der Waals surface area contributed by atoms with Crippen molar-refractivity contribution in [3.05, 3.63) is 0 Å². The number of hydrogen-bond acceptors (Lipinski definition) is 6. The number of aliphatic imine (C=N–C) groups is 1. The number of ether oxygens (including phenoxy) is 2. The van der Waals surface area contributed by atoms with Crippen molar-refractivity contribution in [3.63, 3.8) is 0 Å². The van der Waals surface area contributed by atoms with Gasteiger partial charge in [-0.25, -0.2) is 8.42 Å². The lowest BCUT2D eigenvalue weighted by Crippen LogP contribution is -2.44. The fourth-order valence-corrected chi connectivity index (χ4v) is 2.67. The predicted octanol–water partition coefficient (Wildman–Crippen LogP) is -0.677. The molecular formula is C15H32N4O4S. The van der Waals surface area contributed by atoms with Gasteiger partial charge in [-0.1, -0.05) is 0 Å². The maximum Gasteiger partial charge on any atom is 0.191 e. The number of nitrogens with one attached hydrogen (secondary N) is 2. The molecule has 142 valence electrons. The second-order valence-corrected chi connectivity index (χ2v) is 8.15. The highest BCUT2D eigenvalue weighted by atomic mass is 32.2. The maximum absolute atomic E-state index is 11.0. The third kappa shape index (κ3) is 10.1. The molecule has 1 unspecified atom stereocenters. The molecule has 0 amide bonds. The van der Waals surface area contributed by atoms with Crippen molar-refractivity contribution in [2.45, 2.75) is 19.9 Å². The minimum Gasteiger partial charge on any atom is -0.379 e. The molecule has 0 saturated carbocycles. The monoisotopic (exact) mass is 364 g/mol. The van der Waals surface area contributed by atoms with Gasteiger partial charge in [-0.2, -0.15) is 0 Å². The normalized spacial score (nSPS) is 18.4. The molecule has 0 aromatic carbocycles. The van der Waals surface area contributed by atoms with Crippen molar-refractivity contribution in [2.75, 3.05) is 71.2 Å². The summed E-state index contributed by atoms with van der Waals surface area (Å²) < 4.78 is 32.7. The Morgan fingerprint density at radius 1 is 1.29 bits per heavy atom. The molecule has 0 aromatic heterocycles. The summed E-state index contributed by atoms with van der Waals surface area (Å²) in [4.78, 5) is 6.99. The van der Waals surface area contributed by atoms with Gasteiger partial charge < -0.3 is 20.1 Å². The van der Waals surface area contributed by atoms with Gasteiger partial charge in [0.2, 0.25) is 0 Å². The SMILES string of the molecule is CCNC(=NCC(C)N1CCOCC1)NCCOCCS(C)(=O)=O. The van der Waals surface area contributed by atoms with E-state index in [0.29, 0.717) is 25.7 Å². The molecule has 1 rings (SSSR count). The van der Waals surface area contributed by atoms with Gasteiger partial charge in [-0.05, 0) is 13.8 Å². The number of hydrogen-bond donors (Lipinski definition) is 2. The molecule has 24 heavy (non-hydrogen) atoms. The Morgan fingerprint density at radius 2 is 2.00 bits per heavy atom. The molecular weight excluding hydrogens is 332 g/mol. The van der Waals surface area contributed by atoms with Crippen LogP contribution in [-0.4, -0.2) is 96.5 Å².